The Labute approximate surface area is 131 Å². The number of rotatable bonds is 2. The topological polar surface area (TPSA) is 58.4 Å². The fraction of sp³-hybridized carbons (Fsp3) is 0.429. The second-order valence-electron chi connectivity index (χ2n) is 5.17. The highest BCUT2D eigenvalue weighted by atomic mass is 32.1. The van der Waals surface area contributed by atoms with Crippen molar-refractivity contribution in [2.45, 2.75) is 19.0 Å². The summed E-state index contributed by atoms with van der Waals surface area (Å²) in [6.07, 6.45) is -3.20. The van der Waals surface area contributed by atoms with E-state index in [0.717, 1.165) is 12.1 Å². The zero-order valence-corrected chi connectivity index (χ0v) is 12.5. The van der Waals surface area contributed by atoms with Gasteiger partial charge in [-0.2, -0.15) is 13.2 Å². The average molecular weight is 331 g/mol. The number of alkyl halides is 3. The lowest BCUT2D eigenvalue weighted by atomic mass is 9.97. The van der Waals surface area contributed by atoms with Gasteiger partial charge in [0, 0.05) is 24.7 Å². The van der Waals surface area contributed by atoms with E-state index in [1.54, 1.807) is 0 Å². The van der Waals surface area contributed by atoms with Gasteiger partial charge in [-0.1, -0.05) is 6.07 Å². The Morgan fingerprint density at radius 3 is 2.50 bits per heavy atom. The molecule has 0 aliphatic carbocycles. The maximum absolute atomic E-state index is 12.7. The number of primary amides is 1. The lowest BCUT2D eigenvalue weighted by Gasteiger charge is -2.32. The van der Waals surface area contributed by atoms with Crippen LogP contribution < -0.4 is 11.1 Å². The molecule has 1 aliphatic rings. The maximum atomic E-state index is 12.7. The fourth-order valence-corrected chi connectivity index (χ4v) is 2.64. The number of nitrogens with zero attached hydrogens (tertiary/aromatic N) is 1. The summed E-state index contributed by atoms with van der Waals surface area (Å²) >= 11 is 5.21. The van der Waals surface area contributed by atoms with Crippen molar-refractivity contribution in [2.75, 3.05) is 18.4 Å². The minimum atomic E-state index is -4.39. The molecule has 3 N–H and O–H groups in total. The van der Waals surface area contributed by atoms with Crippen LogP contribution in [0.3, 0.4) is 0 Å². The molecule has 0 unspecified atom stereocenters. The number of anilines is 1. The van der Waals surface area contributed by atoms with E-state index >= 15 is 0 Å². The number of thiocarbonyl (C=S) groups is 1. The molecule has 1 aromatic rings. The van der Waals surface area contributed by atoms with E-state index in [1.807, 2.05) is 4.90 Å². The number of amides is 1. The number of benzene rings is 1. The van der Waals surface area contributed by atoms with Gasteiger partial charge in [0.1, 0.15) is 0 Å². The Kier molecular flexibility index (Phi) is 4.90. The number of piperidine rings is 1. The van der Waals surface area contributed by atoms with Crippen molar-refractivity contribution in [1.82, 2.24) is 4.90 Å². The molecule has 1 aliphatic heterocycles. The van der Waals surface area contributed by atoms with Gasteiger partial charge >= 0.3 is 6.18 Å². The number of halogens is 3. The molecule has 0 aromatic heterocycles. The molecule has 1 saturated heterocycles. The van der Waals surface area contributed by atoms with E-state index in [-0.39, 0.29) is 17.5 Å². The Morgan fingerprint density at radius 2 is 1.95 bits per heavy atom. The summed E-state index contributed by atoms with van der Waals surface area (Å²) in [6.45, 7) is 1.11. The van der Waals surface area contributed by atoms with Gasteiger partial charge < -0.3 is 16.0 Å². The molecule has 1 fully saturated rings. The fourth-order valence-electron chi connectivity index (χ4n) is 2.34. The number of carbonyl (C=O) groups excluding carboxylic acids is 1. The Morgan fingerprint density at radius 1 is 1.32 bits per heavy atom. The number of nitrogens with one attached hydrogen (secondary N) is 1. The number of hydrogen-bond acceptors (Lipinski definition) is 2. The van der Waals surface area contributed by atoms with E-state index in [1.165, 1.54) is 12.1 Å². The number of carbonyl (C=O) groups is 1. The standard InChI is InChI=1S/C14H16F3N3OS/c15-14(16,17)10-2-1-3-11(8-10)19-13(22)20-6-4-9(5-7-20)12(18)21/h1-3,8-9H,4-7H2,(H2,18,21)(H,19,22). The zero-order valence-electron chi connectivity index (χ0n) is 11.7. The Balaban J connectivity index is 1.97. The van der Waals surface area contributed by atoms with Crippen LogP contribution in [-0.2, 0) is 11.0 Å². The van der Waals surface area contributed by atoms with Crippen LogP contribution in [0.4, 0.5) is 18.9 Å². The van der Waals surface area contributed by atoms with Gasteiger partial charge in [0.25, 0.3) is 0 Å². The van der Waals surface area contributed by atoms with E-state index in [4.69, 9.17) is 18.0 Å². The van der Waals surface area contributed by atoms with Gasteiger partial charge in [-0.05, 0) is 43.3 Å². The van der Waals surface area contributed by atoms with Crippen molar-refractivity contribution in [3.63, 3.8) is 0 Å². The Hall–Kier alpha value is -1.83. The summed E-state index contributed by atoms with van der Waals surface area (Å²) in [4.78, 5) is 12.9. The van der Waals surface area contributed by atoms with Crippen molar-refractivity contribution in [3.8, 4) is 0 Å². The lowest BCUT2D eigenvalue weighted by molar-refractivity contribution is -0.137. The molecule has 2 rings (SSSR count). The molecule has 22 heavy (non-hydrogen) atoms. The quantitative estimate of drug-likeness (QED) is 0.818. The highest BCUT2D eigenvalue weighted by Crippen LogP contribution is 2.30. The molecular weight excluding hydrogens is 315 g/mol. The van der Waals surface area contributed by atoms with E-state index in [2.05, 4.69) is 5.32 Å². The van der Waals surface area contributed by atoms with E-state index in [0.29, 0.717) is 31.0 Å². The first-order valence-corrected chi connectivity index (χ1v) is 7.20. The molecule has 0 spiro atoms. The van der Waals surface area contributed by atoms with Gasteiger partial charge in [-0.25, -0.2) is 0 Å². The third kappa shape index (κ3) is 4.09. The van der Waals surface area contributed by atoms with Crippen molar-refractivity contribution in [3.05, 3.63) is 29.8 Å². The van der Waals surface area contributed by atoms with Crippen LogP contribution in [0.15, 0.2) is 24.3 Å². The first-order chi connectivity index (χ1) is 10.3. The van der Waals surface area contributed by atoms with Crippen molar-refractivity contribution in [2.24, 2.45) is 11.7 Å². The molecular formula is C14H16F3N3OS. The smallest absolute Gasteiger partial charge is 0.369 e. The molecule has 0 bridgehead atoms. The summed E-state index contributed by atoms with van der Waals surface area (Å²) in [5.41, 5.74) is 4.82. The largest absolute Gasteiger partial charge is 0.416 e. The summed E-state index contributed by atoms with van der Waals surface area (Å²) in [5.74, 6) is -0.482. The second-order valence-corrected chi connectivity index (χ2v) is 5.56. The van der Waals surface area contributed by atoms with Gasteiger partial charge in [0.15, 0.2) is 5.11 Å². The average Bonchev–Trinajstić information content (AvgIpc) is 2.46. The van der Waals surface area contributed by atoms with Crippen LogP contribution >= 0.6 is 12.2 Å². The van der Waals surface area contributed by atoms with Crippen molar-refractivity contribution >= 4 is 28.9 Å². The second kappa shape index (κ2) is 6.51. The van der Waals surface area contributed by atoms with Gasteiger partial charge in [0.05, 0.1) is 5.56 Å². The highest BCUT2D eigenvalue weighted by molar-refractivity contribution is 7.80. The molecule has 120 valence electrons. The third-order valence-corrected chi connectivity index (χ3v) is 3.99. The van der Waals surface area contributed by atoms with Gasteiger partial charge in [0.2, 0.25) is 5.91 Å². The monoisotopic (exact) mass is 331 g/mol. The summed E-state index contributed by atoms with van der Waals surface area (Å²) in [5, 5.41) is 3.16. The third-order valence-electron chi connectivity index (χ3n) is 3.63. The van der Waals surface area contributed by atoms with E-state index in [9.17, 15) is 18.0 Å². The van der Waals surface area contributed by atoms with Crippen LogP contribution in [0.2, 0.25) is 0 Å². The normalized spacial score (nSPS) is 16.4. The molecule has 4 nitrogen and oxygen atoms in total. The predicted octanol–water partition coefficient (Wildman–Crippen LogP) is 2.60. The van der Waals surface area contributed by atoms with Crippen molar-refractivity contribution in [1.29, 1.82) is 0 Å². The van der Waals surface area contributed by atoms with Crippen LogP contribution in [0.25, 0.3) is 0 Å². The SMILES string of the molecule is NC(=O)C1CCN(C(=S)Nc2cccc(C(F)(F)F)c2)CC1. The number of likely N-dealkylation sites (tertiary alicyclic amines) is 1. The number of nitrogens with two attached hydrogens (primary N) is 1. The molecule has 8 heteroatoms. The molecule has 1 heterocycles. The minimum absolute atomic E-state index is 0.160. The summed E-state index contributed by atoms with van der Waals surface area (Å²) < 4.78 is 38.0. The lowest BCUT2D eigenvalue weighted by Crippen LogP contribution is -2.43. The highest BCUT2D eigenvalue weighted by Gasteiger charge is 2.30. The Bertz CT molecular complexity index is 569. The van der Waals surface area contributed by atoms with Gasteiger partial charge in [-0.3, -0.25) is 4.79 Å². The summed E-state index contributed by atoms with van der Waals surface area (Å²) in [7, 11) is 0. The minimum Gasteiger partial charge on any atom is -0.369 e. The van der Waals surface area contributed by atoms with Crippen LogP contribution in [0.5, 0.6) is 0 Å². The maximum Gasteiger partial charge on any atom is 0.416 e. The first-order valence-electron chi connectivity index (χ1n) is 6.80. The summed E-state index contributed by atoms with van der Waals surface area (Å²) in [6, 6.07) is 4.87. The van der Waals surface area contributed by atoms with Crippen LogP contribution in [0, 0.1) is 5.92 Å². The zero-order chi connectivity index (χ0) is 16.3. The van der Waals surface area contributed by atoms with E-state index < -0.39 is 11.7 Å². The van der Waals surface area contributed by atoms with Crippen LogP contribution in [0.1, 0.15) is 18.4 Å². The molecule has 0 radical (unpaired) electrons. The van der Waals surface area contributed by atoms with Gasteiger partial charge in [-0.15, -0.1) is 0 Å². The number of hydrogen-bond donors (Lipinski definition) is 2. The molecule has 1 amide bonds. The molecule has 1 aromatic carbocycles. The first kappa shape index (κ1) is 16.5. The van der Waals surface area contributed by atoms with Crippen LogP contribution in [-0.4, -0.2) is 29.0 Å². The molecule has 0 saturated carbocycles. The van der Waals surface area contributed by atoms with Crippen molar-refractivity contribution < 1.29 is 18.0 Å². The molecule has 0 atom stereocenters. The predicted molar refractivity (Wildman–Crippen MR) is 81.2 cm³/mol.